The Hall–Kier alpha value is -3.37. The largest absolute Gasteiger partial charge is 0.501 e. The van der Waals surface area contributed by atoms with Crippen molar-refractivity contribution in [2.75, 3.05) is 0 Å². The molecule has 1 fully saturated rings. The minimum absolute atomic E-state index is 0. The molecule has 3 aromatic heterocycles. The Labute approximate surface area is 276 Å². The van der Waals surface area contributed by atoms with E-state index in [0.717, 1.165) is 39.1 Å². The number of pyridine rings is 2. The van der Waals surface area contributed by atoms with E-state index in [0.29, 0.717) is 11.8 Å². The molecule has 6 aromatic rings. The molecule has 0 amide bonds. The van der Waals surface area contributed by atoms with E-state index in [1.165, 1.54) is 47.4 Å². The van der Waals surface area contributed by atoms with Crippen molar-refractivity contribution in [2.45, 2.75) is 71.0 Å². The Bertz CT molecular complexity index is 1830. The van der Waals surface area contributed by atoms with Gasteiger partial charge in [0, 0.05) is 37.9 Å². The molecular weight excluding hydrogens is 733 g/mol. The summed E-state index contributed by atoms with van der Waals surface area (Å²) in [7, 11) is -1.50. The number of hydrogen-bond acceptors (Lipinski definition) is 3. The molecule has 227 valence electrons. The fraction of sp³-hybridized carbons (Fsp3) is 0.282. The van der Waals surface area contributed by atoms with Crippen LogP contribution < -0.4 is 5.19 Å². The molecule has 3 nitrogen and oxygen atoms in total. The van der Waals surface area contributed by atoms with Crippen LogP contribution in [0.2, 0.25) is 19.6 Å². The molecule has 3 heterocycles. The van der Waals surface area contributed by atoms with E-state index in [-0.39, 0.29) is 20.1 Å². The van der Waals surface area contributed by atoms with Crippen LogP contribution in [0.15, 0.2) is 95.7 Å². The van der Waals surface area contributed by atoms with Crippen LogP contribution in [0.4, 0.5) is 0 Å². The Morgan fingerprint density at radius 3 is 2.27 bits per heavy atom. The second kappa shape index (κ2) is 13.7. The molecule has 0 unspecified atom stereocenters. The zero-order chi connectivity index (χ0) is 30.0. The van der Waals surface area contributed by atoms with Gasteiger partial charge in [0.2, 0.25) is 0 Å². The molecule has 1 radical (unpaired) electrons. The van der Waals surface area contributed by atoms with Crippen LogP contribution in [0.3, 0.4) is 0 Å². The summed E-state index contributed by atoms with van der Waals surface area (Å²) in [6.07, 6.45) is 9.16. The molecule has 0 N–H and O–H groups in total. The van der Waals surface area contributed by atoms with Gasteiger partial charge in [-0.1, -0.05) is 99.2 Å². The number of rotatable bonds is 5. The van der Waals surface area contributed by atoms with E-state index in [2.05, 4.69) is 104 Å². The number of hydrogen-bond donors (Lipinski definition) is 0. The third kappa shape index (κ3) is 6.81. The molecule has 1 aliphatic rings. The monoisotopic (exact) mass is 773 g/mol. The second-order valence-electron chi connectivity index (χ2n) is 13.0. The molecule has 0 bridgehead atoms. The minimum atomic E-state index is -1.50. The SMILES string of the molecule is CC(C)c1ccc(-c2[c-]cccc2)nc1.C[Si](C)(C)c1cccc2c1oc1c(-c3cc(C4CCCC4)ccn3)[c-]ccc12.[Ir]. The van der Waals surface area contributed by atoms with Crippen molar-refractivity contribution in [1.29, 1.82) is 0 Å². The molecule has 1 saturated carbocycles. The summed E-state index contributed by atoms with van der Waals surface area (Å²) in [5.41, 5.74) is 8.64. The zero-order valence-electron chi connectivity index (χ0n) is 26.3. The van der Waals surface area contributed by atoms with Crippen molar-refractivity contribution in [3.05, 3.63) is 115 Å². The zero-order valence-corrected chi connectivity index (χ0v) is 29.7. The first-order chi connectivity index (χ1) is 20.8. The van der Waals surface area contributed by atoms with E-state index in [4.69, 9.17) is 4.42 Å². The number of fused-ring (bicyclic) bond motifs is 3. The quantitative estimate of drug-likeness (QED) is 0.129. The van der Waals surface area contributed by atoms with Gasteiger partial charge in [0.1, 0.15) is 5.58 Å². The van der Waals surface area contributed by atoms with Crippen molar-refractivity contribution in [2.24, 2.45) is 0 Å². The Balaban J connectivity index is 0.000000204. The maximum Gasteiger partial charge on any atom is 0.120 e. The van der Waals surface area contributed by atoms with E-state index in [1.807, 2.05) is 42.7 Å². The van der Waals surface area contributed by atoms with Crippen LogP contribution in [0.1, 0.15) is 62.5 Å². The Kier molecular flexibility index (Phi) is 9.99. The third-order valence-corrected chi connectivity index (χ3v) is 10.6. The van der Waals surface area contributed by atoms with E-state index >= 15 is 0 Å². The van der Waals surface area contributed by atoms with Crippen molar-refractivity contribution >= 4 is 35.2 Å². The summed E-state index contributed by atoms with van der Waals surface area (Å²) >= 11 is 0. The van der Waals surface area contributed by atoms with Gasteiger partial charge < -0.3 is 14.4 Å². The maximum atomic E-state index is 6.52. The van der Waals surface area contributed by atoms with Gasteiger partial charge in [-0.2, -0.15) is 0 Å². The van der Waals surface area contributed by atoms with Crippen molar-refractivity contribution in [3.8, 4) is 22.5 Å². The molecule has 0 spiro atoms. The number of aromatic nitrogens is 2. The van der Waals surface area contributed by atoms with Crippen LogP contribution in [0.25, 0.3) is 44.5 Å². The first-order valence-electron chi connectivity index (χ1n) is 15.6. The standard InChI is InChI=1S/C25H26NOSi.C14H14N.Ir/c1-28(2,3)23-13-7-11-20-19-10-6-12-21(24(19)27-25(20)23)22-16-18(14-15-26-22)17-8-4-5-9-17;1-11(2)13-8-9-14(15-10-13)12-6-4-3-5-7-12;/h6-7,10-11,13-17H,4-5,8-9H2,1-3H3;3-6,8-11H,1-2H3;/q2*-1;. The van der Waals surface area contributed by atoms with Gasteiger partial charge in [-0.3, -0.25) is 0 Å². The number of benzene rings is 3. The predicted molar refractivity (Wildman–Crippen MR) is 183 cm³/mol. The molecule has 0 aliphatic heterocycles. The molecule has 7 rings (SSSR count). The molecule has 1 aliphatic carbocycles. The van der Waals surface area contributed by atoms with Crippen LogP contribution in [-0.4, -0.2) is 18.0 Å². The summed E-state index contributed by atoms with van der Waals surface area (Å²) in [4.78, 5) is 9.13. The van der Waals surface area contributed by atoms with Crippen LogP contribution in [-0.2, 0) is 20.1 Å². The summed E-state index contributed by atoms with van der Waals surface area (Å²) in [5, 5.41) is 3.74. The summed E-state index contributed by atoms with van der Waals surface area (Å²) in [6.45, 7) is 11.5. The fourth-order valence-corrected chi connectivity index (χ4v) is 7.56. The van der Waals surface area contributed by atoms with Gasteiger partial charge in [-0.25, -0.2) is 0 Å². The normalized spacial score (nSPS) is 13.6. The average molecular weight is 773 g/mol. The molecule has 44 heavy (non-hydrogen) atoms. The van der Waals surface area contributed by atoms with Gasteiger partial charge in [0.25, 0.3) is 0 Å². The van der Waals surface area contributed by atoms with Crippen LogP contribution >= 0.6 is 0 Å². The van der Waals surface area contributed by atoms with Gasteiger partial charge in [0.05, 0.1) is 13.7 Å². The van der Waals surface area contributed by atoms with E-state index in [1.54, 1.807) is 0 Å². The van der Waals surface area contributed by atoms with Gasteiger partial charge in [-0.15, -0.1) is 54.1 Å². The fourth-order valence-electron chi connectivity index (χ4n) is 6.10. The minimum Gasteiger partial charge on any atom is -0.501 e. The number of furan rings is 1. The Morgan fingerprint density at radius 1 is 0.795 bits per heavy atom. The van der Waals surface area contributed by atoms with Crippen LogP contribution in [0.5, 0.6) is 0 Å². The molecule has 5 heteroatoms. The third-order valence-electron chi connectivity index (χ3n) is 8.57. The molecular formula is C39H40IrN2OSi-2. The average Bonchev–Trinajstić information content (AvgIpc) is 3.70. The Morgan fingerprint density at radius 2 is 1.59 bits per heavy atom. The summed E-state index contributed by atoms with van der Waals surface area (Å²) < 4.78 is 6.52. The van der Waals surface area contributed by atoms with E-state index < -0.39 is 8.07 Å². The molecule has 0 saturated heterocycles. The predicted octanol–water partition coefficient (Wildman–Crippen LogP) is 10.3. The first kappa shape index (κ1) is 32.0. The van der Waals surface area contributed by atoms with Crippen LogP contribution in [0, 0.1) is 12.1 Å². The topological polar surface area (TPSA) is 38.9 Å². The van der Waals surface area contributed by atoms with Gasteiger partial charge >= 0.3 is 0 Å². The first-order valence-corrected chi connectivity index (χ1v) is 19.1. The van der Waals surface area contributed by atoms with Crippen molar-refractivity contribution in [1.82, 2.24) is 9.97 Å². The maximum absolute atomic E-state index is 6.52. The number of para-hydroxylation sites is 1. The number of nitrogens with zero attached hydrogens (tertiary/aromatic N) is 2. The smallest absolute Gasteiger partial charge is 0.120 e. The van der Waals surface area contributed by atoms with Gasteiger partial charge in [-0.05, 0) is 52.9 Å². The second-order valence-corrected chi connectivity index (χ2v) is 18.0. The molecule has 3 aromatic carbocycles. The van der Waals surface area contributed by atoms with Crippen molar-refractivity contribution < 1.29 is 24.5 Å². The van der Waals surface area contributed by atoms with Gasteiger partial charge in [0.15, 0.2) is 0 Å². The van der Waals surface area contributed by atoms with Crippen molar-refractivity contribution in [3.63, 3.8) is 0 Å². The summed E-state index contributed by atoms with van der Waals surface area (Å²) in [5.74, 6) is 1.21. The summed E-state index contributed by atoms with van der Waals surface area (Å²) in [6, 6.07) is 33.8. The van der Waals surface area contributed by atoms with E-state index in [9.17, 15) is 0 Å². The molecule has 0 atom stereocenters.